The normalized spacial score (nSPS) is 28.3. The zero-order chi connectivity index (χ0) is 20.8. The number of Topliss-reactive ketones (excluding diaryl/α,β-unsaturated/α-hetero) is 1. The van der Waals surface area contributed by atoms with E-state index in [1.165, 1.54) is 13.2 Å². The van der Waals surface area contributed by atoms with E-state index in [-0.39, 0.29) is 19.6 Å². The van der Waals surface area contributed by atoms with Gasteiger partial charge >= 0.3 is 5.97 Å². The highest BCUT2D eigenvalue weighted by molar-refractivity contribution is 5.94. The third-order valence-corrected chi connectivity index (χ3v) is 4.78. The van der Waals surface area contributed by atoms with Gasteiger partial charge in [-0.3, -0.25) is 9.59 Å². The van der Waals surface area contributed by atoms with Crippen LogP contribution in [0.15, 0.2) is 12.2 Å². The fourth-order valence-electron chi connectivity index (χ4n) is 3.20. The number of aliphatic hydroxyl groups is 4. The van der Waals surface area contributed by atoms with Gasteiger partial charge in [0.15, 0.2) is 5.78 Å². The maximum absolute atomic E-state index is 12.6. The second-order valence-corrected chi connectivity index (χ2v) is 8.07. The van der Waals surface area contributed by atoms with Crippen molar-refractivity contribution in [3.63, 3.8) is 0 Å². The minimum Gasteiger partial charge on any atom is -0.469 e. The maximum atomic E-state index is 12.6. The van der Waals surface area contributed by atoms with Crippen LogP contribution in [0.1, 0.15) is 40.0 Å². The summed E-state index contributed by atoms with van der Waals surface area (Å²) in [7, 11) is 1.19. The van der Waals surface area contributed by atoms with Crippen LogP contribution in [0, 0.1) is 11.3 Å². The Morgan fingerprint density at radius 2 is 1.78 bits per heavy atom. The first-order valence-electron chi connectivity index (χ1n) is 9.04. The number of ketones is 1. The van der Waals surface area contributed by atoms with Crippen LogP contribution >= 0.6 is 0 Å². The van der Waals surface area contributed by atoms with E-state index in [1.807, 2.05) is 0 Å². The van der Waals surface area contributed by atoms with Crippen molar-refractivity contribution in [3.8, 4) is 0 Å². The molecule has 0 aliphatic heterocycles. The molecule has 1 fully saturated rings. The van der Waals surface area contributed by atoms with Crippen LogP contribution < -0.4 is 0 Å². The highest BCUT2D eigenvalue weighted by Gasteiger charge is 2.43. The first-order valence-corrected chi connectivity index (χ1v) is 9.04. The predicted molar refractivity (Wildman–Crippen MR) is 96.7 cm³/mol. The Bertz CT molecular complexity index is 538. The number of ether oxygens (including phenoxy) is 2. The van der Waals surface area contributed by atoms with Crippen molar-refractivity contribution in [2.75, 3.05) is 20.3 Å². The molecule has 27 heavy (non-hydrogen) atoms. The first kappa shape index (κ1) is 23.7. The Morgan fingerprint density at radius 3 is 2.26 bits per heavy atom. The molecule has 1 saturated carbocycles. The van der Waals surface area contributed by atoms with E-state index < -0.39 is 53.4 Å². The number of carbonyl (C=O) groups is 2. The quantitative estimate of drug-likeness (QED) is 0.319. The molecule has 0 heterocycles. The molecule has 5 atom stereocenters. The van der Waals surface area contributed by atoms with E-state index in [4.69, 9.17) is 9.84 Å². The van der Waals surface area contributed by atoms with Gasteiger partial charge in [0.05, 0.1) is 32.3 Å². The monoisotopic (exact) mass is 388 g/mol. The van der Waals surface area contributed by atoms with Gasteiger partial charge in [-0.2, -0.15) is 0 Å². The Hall–Kier alpha value is -1.32. The van der Waals surface area contributed by atoms with Crippen LogP contribution in [-0.4, -0.2) is 76.4 Å². The summed E-state index contributed by atoms with van der Waals surface area (Å²) >= 11 is 0. The molecule has 0 aromatic carbocycles. The Labute approximate surface area is 159 Å². The van der Waals surface area contributed by atoms with E-state index in [9.17, 15) is 24.9 Å². The lowest BCUT2D eigenvalue weighted by atomic mass is 9.77. The molecule has 0 aromatic heterocycles. The largest absolute Gasteiger partial charge is 0.469 e. The third kappa shape index (κ3) is 6.36. The Balaban J connectivity index is 2.65. The minimum absolute atomic E-state index is 0.0866. The van der Waals surface area contributed by atoms with Crippen molar-refractivity contribution in [1.29, 1.82) is 0 Å². The third-order valence-electron chi connectivity index (χ3n) is 4.78. The predicted octanol–water partition coefficient (Wildman–Crippen LogP) is -0.0387. The van der Waals surface area contributed by atoms with E-state index in [0.29, 0.717) is 6.42 Å². The van der Waals surface area contributed by atoms with Crippen molar-refractivity contribution < 1.29 is 39.5 Å². The molecule has 0 bridgehead atoms. The molecular formula is C19H32O8. The first-order chi connectivity index (χ1) is 12.5. The Kier molecular flexibility index (Phi) is 8.56. The zero-order valence-electron chi connectivity index (χ0n) is 16.4. The molecule has 0 spiro atoms. The molecule has 4 N–H and O–H groups in total. The number of methoxy groups -OCH3 is 1. The highest BCUT2D eigenvalue weighted by atomic mass is 16.5. The highest BCUT2D eigenvalue weighted by Crippen LogP contribution is 2.30. The number of carbonyl (C=O) groups excluding carboxylic acids is 2. The summed E-state index contributed by atoms with van der Waals surface area (Å²) in [5, 5.41) is 39.5. The molecule has 0 amide bonds. The van der Waals surface area contributed by atoms with E-state index >= 15 is 0 Å². The van der Waals surface area contributed by atoms with Gasteiger partial charge in [-0.1, -0.05) is 32.9 Å². The summed E-state index contributed by atoms with van der Waals surface area (Å²) < 4.78 is 10.1. The molecule has 4 unspecified atom stereocenters. The summed E-state index contributed by atoms with van der Waals surface area (Å²) in [5.74, 6) is -1.58. The topological polar surface area (TPSA) is 134 Å². The van der Waals surface area contributed by atoms with Gasteiger partial charge in [0.25, 0.3) is 0 Å². The maximum Gasteiger partial charge on any atom is 0.308 e. The van der Waals surface area contributed by atoms with Gasteiger partial charge in [0, 0.05) is 24.4 Å². The molecule has 0 saturated heterocycles. The molecule has 8 heteroatoms. The lowest BCUT2D eigenvalue weighted by Crippen LogP contribution is -2.46. The number of aliphatic hydroxyl groups excluding tert-OH is 3. The summed E-state index contributed by atoms with van der Waals surface area (Å²) in [6.07, 6.45) is 0.200. The average Bonchev–Trinajstić information content (AvgIpc) is 2.87. The standard InChI is InChI=1S/C19H32O8/c1-18(2,3)17(24)19(25,10-14(21)26-4)7-5-6-8-27-13-9-12(11-20)15(22)16(13)23/h5-6,12-13,15-16,20,22-23,25H,7-11H2,1-4H3/b6-5+/t12?,13?,15?,16?,19-/m1/s1. The number of rotatable bonds is 9. The molecule has 1 rings (SSSR count). The summed E-state index contributed by atoms with van der Waals surface area (Å²) in [4.78, 5) is 24.1. The van der Waals surface area contributed by atoms with Crippen molar-refractivity contribution in [2.45, 2.75) is 63.9 Å². The van der Waals surface area contributed by atoms with E-state index in [2.05, 4.69) is 4.74 Å². The van der Waals surface area contributed by atoms with Crippen molar-refractivity contribution in [3.05, 3.63) is 12.2 Å². The number of esters is 1. The van der Waals surface area contributed by atoms with Crippen LogP contribution in [0.3, 0.4) is 0 Å². The van der Waals surface area contributed by atoms with Crippen LogP contribution in [0.5, 0.6) is 0 Å². The SMILES string of the molecule is COC(=O)C[C@](O)(C/C=C/COC1CC(CO)C(O)C1O)C(=O)C(C)(C)C. The smallest absolute Gasteiger partial charge is 0.308 e. The van der Waals surface area contributed by atoms with Crippen LogP contribution in [0.25, 0.3) is 0 Å². The minimum atomic E-state index is -1.88. The van der Waals surface area contributed by atoms with E-state index in [1.54, 1.807) is 26.8 Å². The van der Waals surface area contributed by atoms with Crippen LogP contribution in [-0.2, 0) is 19.1 Å². The molecule has 156 valence electrons. The van der Waals surface area contributed by atoms with E-state index in [0.717, 1.165) is 0 Å². The Morgan fingerprint density at radius 1 is 1.15 bits per heavy atom. The fraction of sp³-hybridized carbons (Fsp3) is 0.789. The van der Waals surface area contributed by atoms with Crippen molar-refractivity contribution in [2.24, 2.45) is 11.3 Å². The van der Waals surface area contributed by atoms with Gasteiger partial charge in [0.1, 0.15) is 11.7 Å². The van der Waals surface area contributed by atoms with Crippen molar-refractivity contribution >= 4 is 11.8 Å². The summed E-state index contributed by atoms with van der Waals surface area (Å²) in [6, 6.07) is 0. The molecule has 8 nitrogen and oxygen atoms in total. The average molecular weight is 388 g/mol. The molecule has 0 radical (unpaired) electrons. The van der Waals surface area contributed by atoms with Gasteiger partial charge in [0.2, 0.25) is 0 Å². The van der Waals surface area contributed by atoms with Gasteiger partial charge < -0.3 is 29.9 Å². The van der Waals surface area contributed by atoms with Gasteiger partial charge in [-0.15, -0.1) is 0 Å². The van der Waals surface area contributed by atoms with Gasteiger partial charge in [-0.25, -0.2) is 0 Å². The van der Waals surface area contributed by atoms with Gasteiger partial charge in [-0.05, 0) is 6.42 Å². The lowest BCUT2D eigenvalue weighted by Gasteiger charge is -2.31. The summed E-state index contributed by atoms with van der Waals surface area (Å²) in [5.41, 5.74) is -2.72. The fourth-order valence-corrected chi connectivity index (χ4v) is 3.20. The second-order valence-electron chi connectivity index (χ2n) is 8.07. The van der Waals surface area contributed by atoms with Crippen LogP contribution in [0.2, 0.25) is 0 Å². The number of hydrogen-bond donors (Lipinski definition) is 4. The van der Waals surface area contributed by atoms with Crippen molar-refractivity contribution in [1.82, 2.24) is 0 Å². The summed E-state index contributed by atoms with van der Waals surface area (Å²) in [6.45, 7) is 4.84. The number of hydrogen-bond acceptors (Lipinski definition) is 8. The second kappa shape index (κ2) is 9.75. The molecule has 1 aliphatic rings. The van der Waals surface area contributed by atoms with Crippen LogP contribution in [0.4, 0.5) is 0 Å². The zero-order valence-corrected chi connectivity index (χ0v) is 16.4. The lowest BCUT2D eigenvalue weighted by molar-refractivity contribution is -0.157. The molecule has 1 aliphatic carbocycles. The molecule has 0 aromatic rings. The molecular weight excluding hydrogens is 356 g/mol.